The molecule has 1 N–H and O–H groups in total. The van der Waals surface area contributed by atoms with Gasteiger partial charge >= 0.3 is 0 Å². The summed E-state index contributed by atoms with van der Waals surface area (Å²) in [6, 6.07) is 12.0. The summed E-state index contributed by atoms with van der Waals surface area (Å²) in [5, 5.41) is 3.28. The number of unbranched alkanes of at least 4 members (excludes halogenated alkanes) is 2. The quantitative estimate of drug-likeness (QED) is 0.526. The fourth-order valence-electron chi connectivity index (χ4n) is 2.89. The van der Waals surface area contributed by atoms with Crippen LogP contribution in [0.25, 0.3) is 0 Å². The maximum absolute atomic E-state index is 13.2. The third-order valence-electron chi connectivity index (χ3n) is 4.70. The van der Waals surface area contributed by atoms with Crippen LogP contribution < -0.4 is 10.1 Å². The maximum atomic E-state index is 13.2. The summed E-state index contributed by atoms with van der Waals surface area (Å²) in [5.41, 5.74) is 0.716. The Kier molecular flexibility index (Phi) is 9.61. The average Bonchev–Trinajstić information content (AvgIpc) is 2.75. The van der Waals surface area contributed by atoms with Crippen molar-refractivity contribution in [3.8, 4) is 5.75 Å². The van der Waals surface area contributed by atoms with Gasteiger partial charge in [-0.15, -0.1) is 0 Å². The topological polar surface area (TPSA) is 58.6 Å². The first-order valence-electron chi connectivity index (χ1n) is 10.1. The number of amides is 2. The Balaban J connectivity index is 2.08. The molecule has 162 valence electrons. The zero-order chi connectivity index (χ0) is 21.9. The highest BCUT2D eigenvalue weighted by Crippen LogP contribution is 2.23. The molecule has 0 radical (unpaired) electrons. The minimum Gasteiger partial charge on any atom is -0.482 e. The Labute approximate surface area is 182 Å². The van der Waals surface area contributed by atoms with Gasteiger partial charge in [0.05, 0.1) is 5.02 Å². The smallest absolute Gasteiger partial charge is 0.261 e. The fourth-order valence-corrected chi connectivity index (χ4v) is 3.08. The number of benzene rings is 2. The molecule has 0 saturated carbocycles. The summed E-state index contributed by atoms with van der Waals surface area (Å²) in [7, 11) is 0. The van der Waals surface area contributed by atoms with Gasteiger partial charge < -0.3 is 15.0 Å². The van der Waals surface area contributed by atoms with Crippen LogP contribution >= 0.6 is 11.6 Å². The van der Waals surface area contributed by atoms with Crippen molar-refractivity contribution in [3.05, 3.63) is 64.9 Å². The lowest BCUT2D eigenvalue weighted by atomic mass is 10.1. The van der Waals surface area contributed by atoms with E-state index in [1.54, 1.807) is 43.3 Å². The molecule has 2 aromatic rings. The van der Waals surface area contributed by atoms with Crippen molar-refractivity contribution in [3.63, 3.8) is 0 Å². The first kappa shape index (κ1) is 23.7. The Hall–Kier alpha value is -2.60. The van der Waals surface area contributed by atoms with Crippen molar-refractivity contribution in [1.29, 1.82) is 0 Å². The highest BCUT2D eigenvalue weighted by molar-refractivity contribution is 6.32. The van der Waals surface area contributed by atoms with Gasteiger partial charge in [0.1, 0.15) is 17.6 Å². The van der Waals surface area contributed by atoms with Crippen LogP contribution in [0.3, 0.4) is 0 Å². The number of rotatable bonds is 11. The lowest BCUT2D eigenvalue weighted by Crippen LogP contribution is -2.49. The standard InChI is InChI=1S/C23H28ClFN2O3/c1-3-4-7-14-26-23(29)17(2)27(15-18-10-12-19(25)13-11-18)22(28)16-30-21-9-6-5-8-20(21)24/h5-6,8-13,17H,3-4,7,14-16H2,1-2H3,(H,26,29)/t17-/m0/s1. The predicted molar refractivity (Wildman–Crippen MR) is 116 cm³/mol. The summed E-state index contributed by atoms with van der Waals surface area (Å²) in [6.07, 6.45) is 2.97. The van der Waals surface area contributed by atoms with Crippen LogP contribution in [0.1, 0.15) is 38.7 Å². The minimum absolute atomic E-state index is 0.161. The van der Waals surface area contributed by atoms with E-state index in [2.05, 4.69) is 12.2 Å². The Morgan fingerprint density at radius 1 is 1.13 bits per heavy atom. The molecule has 0 bridgehead atoms. The van der Waals surface area contributed by atoms with Crippen LogP contribution in [-0.4, -0.2) is 35.9 Å². The van der Waals surface area contributed by atoms with Gasteiger partial charge in [-0.05, 0) is 43.2 Å². The first-order valence-corrected chi connectivity index (χ1v) is 10.5. The Bertz CT molecular complexity index is 829. The number of halogens is 2. The molecule has 2 aromatic carbocycles. The van der Waals surface area contributed by atoms with E-state index in [4.69, 9.17) is 16.3 Å². The molecule has 2 rings (SSSR count). The molecule has 0 aliphatic rings. The molecule has 30 heavy (non-hydrogen) atoms. The van der Waals surface area contributed by atoms with Gasteiger partial charge in [-0.3, -0.25) is 9.59 Å². The molecule has 0 heterocycles. The van der Waals surface area contributed by atoms with Gasteiger partial charge in [0, 0.05) is 13.1 Å². The summed E-state index contributed by atoms with van der Waals surface area (Å²) < 4.78 is 18.8. The lowest BCUT2D eigenvalue weighted by Gasteiger charge is -2.28. The van der Waals surface area contributed by atoms with E-state index in [1.807, 2.05) is 0 Å². The van der Waals surface area contributed by atoms with E-state index in [1.165, 1.54) is 17.0 Å². The second-order valence-electron chi connectivity index (χ2n) is 7.04. The van der Waals surface area contributed by atoms with Crippen LogP contribution in [0, 0.1) is 5.82 Å². The van der Waals surface area contributed by atoms with Crippen LogP contribution in [0.15, 0.2) is 48.5 Å². The number of para-hydroxylation sites is 1. The molecular formula is C23H28ClFN2O3. The first-order chi connectivity index (χ1) is 14.4. The molecular weight excluding hydrogens is 407 g/mol. The van der Waals surface area contributed by atoms with Crippen molar-refractivity contribution in [2.24, 2.45) is 0 Å². The van der Waals surface area contributed by atoms with Gasteiger partial charge in [0.2, 0.25) is 5.91 Å². The molecule has 0 aliphatic carbocycles. The normalized spacial score (nSPS) is 11.6. The molecule has 7 heteroatoms. The number of nitrogens with zero attached hydrogens (tertiary/aromatic N) is 1. The van der Waals surface area contributed by atoms with E-state index in [0.717, 1.165) is 19.3 Å². The third kappa shape index (κ3) is 7.34. The van der Waals surface area contributed by atoms with E-state index in [0.29, 0.717) is 22.9 Å². The predicted octanol–water partition coefficient (Wildman–Crippen LogP) is 4.58. The van der Waals surface area contributed by atoms with Crippen LogP contribution in [0.5, 0.6) is 5.75 Å². The zero-order valence-electron chi connectivity index (χ0n) is 17.4. The van der Waals surface area contributed by atoms with E-state index < -0.39 is 6.04 Å². The van der Waals surface area contributed by atoms with Crippen molar-refractivity contribution >= 4 is 23.4 Å². The molecule has 0 spiro atoms. The molecule has 0 aliphatic heterocycles. The van der Waals surface area contributed by atoms with Gasteiger partial charge in [0.15, 0.2) is 6.61 Å². The van der Waals surface area contributed by atoms with Crippen LogP contribution in [0.4, 0.5) is 4.39 Å². The largest absolute Gasteiger partial charge is 0.482 e. The highest BCUT2D eigenvalue weighted by Gasteiger charge is 2.26. The highest BCUT2D eigenvalue weighted by atomic mass is 35.5. The van der Waals surface area contributed by atoms with Gasteiger partial charge in [-0.25, -0.2) is 4.39 Å². The summed E-state index contributed by atoms with van der Waals surface area (Å²) in [6.45, 7) is 4.22. The number of nitrogens with one attached hydrogen (secondary N) is 1. The molecule has 5 nitrogen and oxygen atoms in total. The zero-order valence-corrected chi connectivity index (χ0v) is 18.1. The van der Waals surface area contributed by atoms with Crippen molar-refractivity contribution in [2.45, 2.75) is 45.7 Å². The minimum atomic E-state index is -0.709. The average molecular weight is 435 g/mol. The molecule has 0 aromatic heterocycles. The second kappa shape index (κ2) is 12.2. The second-order valence-corrected chi connectivity index (χ2v) is 7.45. The van der Waals surface area contributed by atoms with Crippen LogP contribution in [0.2, 0.25) is 5.02 Å². The fraction of sp³-hybridized carbons (Fsp3) is 0.391. The maximum Gasteiger partial charge on any atom is 0.261 e. The van der Waals surface area contributed by atoms with E-state index in [-0.39, 0.29) is 30.8 Å². The van der Waals surface area contributed by atoms with Gasteiger partial charge in [0.25, 0.3) is 5.91 Å². The Morgan fingerprint density at radius 3 is 2.50 bits per heavy atom. The van der Waals surface area contributed by atoms with E-state index in [9.17, 15) is 14.0 Å². The molecule has 1 atom stereocenters. The number of ether oxygens (including phenoxy) is 1. The number of hydrogen-bond donors (Lipinski definition) is 1. The Morgan fingerprint density at radius 2 is 1.83 bits per heavy atom. The summed E-state index contributed by atoms with van der Waals surface area (Å²) in [5.74, 6) is -0.568. The van der Waals surface area contributed by atoms with Gasteiger partial charge in [-0.1, -0.05) is 55.6 Å². The van der Waals surface area contributed by atoms with Gasteiger partial charge in [-0.2, -0.15) is 0 Å². The molecule has 0 saturated heterocycles. The molecule has 0 fully saturated rings. The van der Waals surface area contributed by atoms with Crippen LogP contribution in [-0.2, 0) is 16.1 Å². The van der Waals surface area contributed by atoms with Crippen molar-refractivity contribution in [1.82, 2.24) is 10.2 Å². The van der Waals surface area contributed by atoms with Crippen molar-refractivity contribution < 1.29 is 18.7 Å². The number of carbonyl (C=O) groups excluding carboxylic acids is 2. The summed E-state index contributed by atoms with van der Waals surface area (Å²) >= 11 is 6.08. The SMILES string of the molecule is CCCCCNC(=O)[C@H](C)N(Cc1ccc(F)cc1)C(=O)COc1ccccc1Cl. The van der Waals surface area contributed by atoms with Crippen molar-refractivity contribution in [2.75, 3.05) is 13.2 Å². The summed E-state index contributed by atoms with van der Waals surface area (Å²) in [4.78, 5) is 27.0. The third-order valence-corrected chi connectivity index (χ3v) is 5.01. The molecule has 0 unspecified atom stereocenters. The monoisotopic (exact) mass is 434 g/mol. The number of carbonyl (C=O) groups is 2. The van der Waals surface area contributed by atoms with E-state index >= 15 is 0 Å². The lowest BCUT2D eigenvalue weighted by molar-refractivity contribution is -0.142. The number of hydrogen-bond acceptors (Lipinski definition) is 3. The molecule has 2 amide bonds.